The highest BCUT2D eigenvalue weighted by Gasteiger charge is 2.18. The van der Waals surface area contributed by atoms with E-state index in [1.807, 2.05) is 0 Å². The zero-order valence-corrected chi connectivity index (χ0v) is 16.5. The van der Waals surface area contributed by atoms with Crippen LogP contribution in [-0.4, -0.2) is 43.5 Å². The molecule has 0 aromatic heterocycles. The predicted molar refractivity (Wildman–Crippen MR) is 111 cm³/mol. The molecule has 1 aliphatic heterocycles. The van der Waals surface area contributed by atoms with E-state index in [-0.39, 0.29) is 12.6 Å². The van der Waals surface area contributed by atoms with Gasteiger partial charge in [0.05, 0.1) is 13.1 Å². The van der Waals surface area contributed by atoms with Crippen LogP contribution in [0.25, 0.3) is 0 Å². The standard InChI is InChI=1S/C21H26ClN3O3/c22-16-4-6-17(7-5-16)23-21(27)24-18-8-10-20(11-9-18)28-15-19(26)14-25-12-2-1-3-13-25/h4-11,19,26H,1-3,12-15H2,(H2,23,24,27)/p+1/t19-/m0/s1. The molecule has 0 unspecified atom stereocenters. The monoisotopic (exact) mass is 404 g/mol. The second-order valence-electron chi connectivity index (χ2n) is 7.09. The number of aliphatic hydroxyl groups is 1. The van der Waals surface area contributed by atoms with Crippen molar-refractivity contribution in [3.63, 3.8) is 0 Å². The number of halogens is 1. The SMILES string of the molecule is O=C(Nc1ccc(Cl)cc1)Nc1ccc(OC[C@@H](O)C[NH+]2CCCCC2)cc1. The van der Waals surface area contributed by atoms with Crippen molar-refractivity contribution in [1.29, 1.82) is 0 Å². The molecule has 1 fully saturated rings. The molecule has 7 heteroatoms. The first-order chi connectivity index (χ1) is 13.6. The van der Waals surface area contributed by atoms with E-state index in [2.05, 4.69) is 10.6 Å². The zero-order valence-electron chi connectivity index (χ0n) is 15.8. The van der Waals surface area contributed by atoms with Crippen LogP contribution in [0.3, 0.4) is 0 Å². The van der Waals surface area contributed by atoms with Gasteiger partial charge in [-0.25, -0.2) is 4.79 Å². The Hall–Kier alpha value is -2.28. The summed E-state index contributed by atoms with van der Waals surface area (Å²) in [5.74, 6) is 0.663. The van der Waals surface area contributed by atoms with Gasteiger partial charge in [0.1, 0.15) is 25.0 Å². The van der Waals surface area contributed by atoms with Gasteiger partial charge in [-0.2, -0.15) is 0 Å². The van der Waals surface area contributed by atoms with Crippen molar-refractivity contribution in [2.24, 2.45) is 0 Å². The Morgan fingerprint density at radius 2 is 1.57 bits per heavy atom. The lowest BCUT2D eigenvalue weighted by molar-refractivity contribution is -0.908. The van der Waals surface area contributed by atoms with Gasteiger partial charge >= 0.3 is 6.03 Å². The van der Waals surface area contributed by atoms with Crippen molar-refractivity contribution in [2.45, 2.75) is 25.4 Å². The number of anilines is 2. The molecule has 150 valence electrons. The minimum atomic E-state index is -0.476. The fraction of sp³-hybridized carbons (Fsp3) is 0.381. The van der Waals surface area contributed by atoms with Crippen LogP contribution in [0, 0.1) is 0 Å². The topological polar surface area (TPSA) is 75.0 Å². The van der Waals surface area contributed by atoms with Gasteiger partial charge in [0.15, 0.2) is 0 Å². The highest BCUT2D eigenvalue weighted by molar-refractivity contribution is 6.30. The highest BCUT2D eigenvalue weighted by Crippen LogP contribution is 2.17. The molecule has 0 spiro atoms. The quantitative estimate of drug-likeness (QED) is 0.573. The summed E-state index contributed by atoms with van der Waals surface area (Å²) in [7, 11) is 0. The van der Waals surface area contributed by atoms with E-state index < -0.39 is 6.10 Å². The third-order valence-corrected chi connectivity index (χ3v) is 4.99. The molecule has 1 atom stereocenters. The van der Waals surface area contributed by atoms with Crippen LogP contribution in [0.15, 0.2) is 48.5 Å². The Morgan fingerprint density at radius 1 is 1.00 bits per heavy atom. The number of piperidine rings is 1. The minimum absolute atomic E-state index is 0.271. The fourth-order valence-corrected chi connectivity index (χ4v) is 3.43. The molecule has 0 aliphatic carbocycles. The number of ether oxygens (including phenoxy) is 1. The van der Waals surface area contributed by atoms with E-state index in [4.69, 9.17) is 16.3 Å². The molecular formula is C21H27ClN3O3+. The van der Waals surface area contributed by atoms with Gasteiger partial charge in [0.25, 0.3) is 0 Å². The number of carbonyl (C=O) groups is 1. The molecule has 2 aromatic rings. The number of aliphatic hydroxyl groups excluding tert-OH is 1. The zero-order chi connectivity index (χ0) is 19.8. The molecule has 3 rings (SSSR count). The maximum Gasteiger partial charge on any atom is 0.323 e. The van der Waals surface area contributed by atoms with Crippen LogP contribution < -0.4 is 20.3 Å². The summed E-state index contributed by atoms with van der Waals surface area (Å²) in [5, 5.41) is 16.3. The number of hydrogen-bond acceptors (Lipinski definition) is 3. The van der Waals surface area contributed by atoms with E-state index in [1.54, 1.807) is 48.5 Å². The third kappa shape index (κ3) is 6.71. The lowest BCUT2D eigenvalue weighted by Gasteiger charge is -2.25. The maximum atomic E-state index is 12.0. The normalized spacial score (nSPS) is 15.6. The number of nitrogens with one attached hydrogen (secondary N) is 3. The van der Waals surface area contributed by atoms with Crippen LogP contribution in [0.5, 0.6) is 5.75 Å². The second-order valence-corrected chi connectivity index (χ2v) is 7.53. The molecule has 2 amide bonds. The van der Waals surface area contributed by atoms with E-state index in [1.165, 1.54) is 24.2 Å². The third-order valence-electron chi connectivity index (χ3n) is 4.74. The Balaban J connectivity index is 1.41. The molecular weight excluding hydrogens is 378 g/mol. The van der Waals surface area contributed by atoms with Gasteiger partial charge in [0.2, 0.25) is 0 Å². The van der Waals surface area contributed by atoms with Crippen molar-refractivity contribution in [2.75, 3.05) is 36.9 Å². The average Bonchev–Trinajstić information content (AvgIpc) is 2.70. The Labute approximate surface area is 170 Å². The largest absolute Gasteiger partial charge is 0.491 e. The molecule has 1 saturated heterocycles. The van der Waals surface area contributed by atoms with Crippen LogP contribution in [-0.2, 0) is 0 Å². The van der Waals surface area contributed by atoms with Crippen LogP contribution >= 0.6 is 11.6 Å². The van der Waals surface area contributed by atoms with Crippen molar-refractivity contribution in [3.8, 4) is 5.75 Å². The molecule has 1 aliphatic rings. The molecule has 2 aromatic carbocycles. The van der Waals surface area contributed by atoms with Crippen LogP contribution in [0.4, 0.5) is 16.2 Å². The average molecular weight is 405 g/mol. The van der Waals surface area contributed by atoms with E-state index >= 15 is 0 Å². The van der Waals surface area contributed by atoms with Gasteiger partial charge < -0.3 is 25.4 Å². The molecule has 0 bridgehead atoms. The first kappa shape index (κ1) is 20.5. The summed E-state index contributed by atoms with van der Waals surface area (Å²) in [6.07, 6.45) is 3.30. The van der Waals surface area contributed by atoms with Gasteiger partial charge in [-0.3, -0.25) is 0 Å². The predicted octanol–water partition coefficient (Wildman–Crippen LogP) is 2.79. The highest BCUT2D eigenvalue weighted by atomic mass is 35.5. The van der Waals surface area contributed by atoms with Crippen LogP contribution in [0.1, 0.15) is 19.3 Å². The lowest BCUT2D eigenvalue weighted by Crippen LogP contribution is -3.14. The Bertz CT molecular complexity index is 746. The van der Waals surface area contributed by atoms with Gasteiger partial charge in [-0.05, 0) is 67.8 Å². The lowest BCUT2D eigenvalue weighted by atomic mass is 10.1. The summed E-state index contributed by atoms with van der Waals surface area (Å²) in [6, 6.07) is 13.6. The van der Waals surface area contributed by atoms with E-state index in [0.29, 0.717) is 22.1 Å². The molecule has 0 radical (unpaired) electrons. The van der Waals surface area contributed by atoms with E-state index in [0.717, 1.165) is 19.6 Å². The van der Waals surface area contributed by atoms with Gasteiger partial charge in [0, 0.05) is 16.4 Å². The second kappa shape index (κ2) is 10.3. The minimum Gasteiger partial charge on any atom is -0.491 e. The number of rotatable bonds is 7. The molecule has 0 saturated carbocycles. The fourth-order valence-electron chi connectivity index (χ4n) is 3.30. The van der Waals surface area contributed by atoms with Gasteiger partial charge in [-0.15, -0.1) is 0 Å². The molecule has 4 N–H and O–H groups in total. The van der Waals surface area contributed by atoms with Crippen molar-refractivity contribution < 1.29 is 19.5 Å². The number of hydrogen-bond donors (Lipinski definition) is 4. The van der Waals surface area contributed by atoms with Crippen LogP contribution in [0.2, 0.25) is 5.02 Å². The van der Waals surface area contributed by atoms with Crippen molar-refractivity contribution in [3.05, 3.63) is 53.6 Å². The number of benzene rings is 2. The number of urea groups is 1. The summed E-state index contributed by atoms with van der Waals surface area (Å²) in [5.41, 5.74) is 1.31. The first-order valence-electron chi connectivity index (χ1n) is 9.66. The number of likely N-dealkylation sites (tertiary alicyclic amines) is 1. The summed E-state index contributed by atoms with van der Waals surface area (Å²) in [6.45, 7) is 3.27. The number of quaternary nitrogens is 1. The first-order valence-corrected chi connectivity index (χ1v) is 10.0. The van der Waals surface area contributed by atoms with Crippen molar-refractivity contribution in [1.82, 2.24) is 0 Å². The molecule has 6 nitrogen and oxygen atoms in total. The number of amides is 2. The summed E-state index contributed by atoms with van der Waals surface area (Å²) >= 11 is 5.83. The summed E-state index contributed by atoms with van der Waals surface area (Å²) < 4.78 is 5.67. The van der Waals surface area contributed by atoms with Gasteiger partial charge in [-0.1, -0.05) is 11.6 Å². The molecule has 28 heavy (non-hydrogen) atoms. The summed E-state index contributed by atoms with van der Waals surface area (Å²) in [4.78, 5) is 13.5. The maximum absolute atomic E-state index is 12.0. The smallest absolute Gasteiger partial charge is 0.323 e. The Kier molecular flexibility index (Phi) is 7.54. The molecule has 1 heterocycles. The Morgan fingerprint density at radius 3 is 2.18 bits per heavy atom. The number of carbonyl (C=O) groups excluding carboxylic acids is 1. The van der Waals surface area contributed by atoms with E-state index in [9.17, 15) is 9.90 Å². The van der Waals surface area contributed by atoms with Crippen molar-refractivity contribution >= 4 is 29.0 Å².